The topological polar surface area (TPSA) is 124 Å². The Hall–Kier alpha value is -2.33. The monoisotopic (exact) mass is 382 g/mol. The molecular weight excluding hydrogens is 368 g/mol. The lowest BCUT2D eigenvalue weighted by Gasteiger charge is -2.49. The van der Waals surface area contributed by atoms with Gasteiger partial charge in [0.25, 0.3) is 5.91 Å². The average Bonchev–Trinajstić information content (AvgIpc) is 3.00. The Morgan fingerprint density at radius 2 is 2.04 bits per heavy atom. The van der Waals surface area contributed by atoms with Gasteiger partial charge in [0.1, 0.15) is 22.0 Å². The second-order valence-electron chi connectivity index (χ2n) is 5.65. The number of aromatic carboxylic acids is 1. The summed E-state index contributed by atoms with van der Waals surface area (Å²) in [5.41, 5.74) is 0.971. The number of carboxylic acids is 2. The highest BCUT2D eigenvalue weighted by Crippen LogP contribution is 2.40. The molecular formula is C15H14N2O6S2. The van der Waals surface area contributed by atoms with Crippen LogP contribution in [0.25, 0.3) is 0 Å². The van der Waals surface area contributed by atoms with Gasteiger partial charge in [0.05, 0.1) is 6.42 Å². The van der Waals surface area contributed by atoms with E-state index in [1.807, 2.05) is 0 Å². The maximum Gasteiger partial charge on any atom is 0.352 e. The Labute approximate surface area is 150 Å². The number of β-lactam (4-membered cyclic amide) rings is 1. The molecule has 1 fully saturated rings. The van der Waals surface area contributed by atoms with Crippen molar-refractivity contribution in [1.82, 2.24) is 10.2 Å². The van der Waals surface area contributed by atoms with Gasteiger partial charge in [0.2, 0.25) is 5.91 Å². The molecule has 1 aromatic heterocycles. The zero-order chi connectivity index (χ0) is 18.3. The Morgan fingerprint density at radius 3 is 2.68 bits per heavy atom. The van der Waals surface area contributed by atoms with Gasteiger partial charge in [0, 0.05) is 5.75 Å². The van der Waals surface area contributed by atoms with Crippen molar-refractivity contribution in [1.29, 1.82) is 0 Å². The van der Waals surface area contributed by atoms with Crippen molar-refractivity contribution in [3.05, 3.63) is 33.2 Å². The number of amides is 2. The molecule has 0 aromatic carbocycles. The van der Waals surface area contributed by atoms with Gasteiger partial charge in [-0.05, 0) is 29.5 Å². The summed E-state index contributed by atoms with van der Waals surface area (Å²) in [5, 5.41) is 22.1. The number of hydrogen-bond donors (Lipinski definition) is 3. The van der Waals surface area contributed by atoms with Crippen molar-refractivity contribution in [3.63, 3.8) is 0 Å². The van der Waals surface area contributed by atoms with Gasteiger partial charge < -0.3 is 15.5 Å². The fourth-order valence-electron chi connectivity index (χ4n) is 2.84. The molecule has 132 valence electrons. The lowest BCUT2D eigenvalue weighted by atomic mass is 10.0. The number of thiophene rings is 1. The zero-order valence-electron chi connectivity index (χ0n) is 13.0. The van der Waals surface area contributed by atoms with Gasteiger partial charge in [-0.15, -0.1) is 23.1 Å². The molecule has 3 N–H and O–H groups in total. The van der Waals surface area contributed by atoms with Crippen molar-refractivity contribution in [2.24, 2.45) is 0 Å². The van der Waals surface area contributed by atoms with E-state index in [-0.39, 0.29) is 17.0 Å². The minimum atomic E-state index is -1.16. The Kier molecular flexibility index (Phi) is 4.56. The summed E-state index contributed by atoms with van der Waals surface area (Å²) in [6, 6.07) is 0.763. The van der Waals surface area contributed by atoms with E-state index in [2.05, 4.69) is 5.32 Å². The van der Waals surface area contributed by atoms with E-state index in [1.165, 1.54) is 16.7 Å². The van der Waals surface area contributed by atoms with Gasteiger partial charge in [0.15, 0.2) is 0 Å². The summed E-state index contributed by atoms with van der Waals surface area (Å²) in [6.07, 6.45) is -0.146. The standard InChI is InChI=1S/C15H14N2O6S2/c1-6-5-25-13-9(12(19)17(13)10(6)14(20)21)16-8(18)4-7-2-3-24-11(7)15(22)23/h2-3,9,13H,4-5H2,1H3,(H,16,18)(H,20,21)(H,22,23)/t9?,13-/m0/s1. The molecule has 1 unspecified atom stereocenters. The second-order valence-corrected chi connectivity index (χ2v) is 7.67. The maximum atomic E-state index is 12.3. The van der Waals surface area contributed by atoms with Crippen LogP contribution in [0, 0.1) is 0 Å². The molecule has 25 heavy (non-hydrogen) atoms. The summed E-state index contributed by atoms with van der Waals surface area (Å²) in [5.74, 6) is -2.73. The molecule has 3 rings (SSSR count). The van der Waals surface area contributed by atoms with E-state index in [9.17, 15) is 24.3 Å². The molecule has 2 atom stereocenters. The lowest BCUT2D eigenvalue weighted by Crippen LogP contribution is -2.70. The fraction of sp³-hybridized carbons (Fsp3) is 0.333. The predicted molar refractivity (Wildman–Crippen MR) is 90.3 cm³/mol. The van der Waals surface area contributed by atoms with Gasteiger partial charge in [-0.25, -0.2) is 9.59 Å². The van der Waals surface area contributed by atoms with Crippen LogP contribution in [0.1, 0.15) is 22.2 Å². The molecule has 0 radical (unpaired) electrons. The minimum absolute atomic E-state index is 0.0229. The van der Waals surface area contributed by atoms with Gasteiger partial charge in [-0.1, -0.05) is 0 Å². The van der Waals surface area contributed by atoms with Gasteiger partial charge in [-0.3, -0.25) is 14.5 Å². The molecule has 2 aliphatic rings. The van der Waals surface area contributed by atoms with Crippen molar-refractivity contribution < 1.29 is 29.4 Å². The molecule has 1 saturated heterocycles. The van der Waals surface area contributed by atoms with Crippen LogP contribution in [-0.2, 0) is 20.8 Å². The maximum absolute atomic E-state index is 12.3. The molecule has 1 aromatic rings. The third-order valence-corrected chi connectivity index (χ3v) is 6.34. The molecule has 3 heterocycles. The fourth-order valence-corrected chi connectivity index (χ4v) is 4.89. The van der Waals surface area contributed by atoms with Crippen molar-refractivity contribution in [2.75, 3.05) is 5.75 Å². The molecule has 0 bridgehead atoms. The van der Waals surface area contributed by atoms with E-state index in [0.29, 0.717) is 16.9 Å². The number of carboxylic acid groups (broad SMARTS) is 2. The van der Waals surface area contributed by atoms with Crippen molar-refractivity contribution in [3.8, 4) is 0 Å². The van der Waals surface area contributed by atoms with Crippen LogP contribution < -0.4 is 5.32 Å². The summed E-state index contributed by atoms with van der Waals surface area (Å²) < 4.78 is 0. The van der Waals surface area contributed by atoms with E-state index >= 15 is 0 Å². The summed E-state index contributed by atoms with van der Waals surface area (Å²) in [7, 11) is 0. The molecule has 10 heteroatoms. The summed E-state index contributed by atoms with van der Waals surface area (Å²) in [4.78, 5) is 48.2. The van der Waals surface area contributed by atoms with Crippen LogP contribution in [0.5, 0.6) is 0 Å². The van der Waals surface area contributed by atoms with Crippen LogP contribution in [0.3, 0.4) is 0 Å². The number of rotatable bonds is 5. The molecule has 2 aliphatic heterocycles. The van der Waals surface area contributed by atoms with Gasteiger partial charge >= 0.3 is 11.9 Å². The first-order chi connectivity index (χ1) is 11.8. The van der Waals surface area contributed by atoms with Crippen LogP contribution >= 0.6 is 23.1 Å². The molecule has 0 saturated carbocycles. The SMILES string of the molecule is CC1=C(C(=O)O)N2C(=O)C(NC(=O)Cc3ccsc3C(=O)O)[C@@H]2SC1. The first-order valence-corrected chi connectivity index (χ1v) is 9.21. The Morgan fingerprint density at radius 1 is 1.32 bits per heavy atom. The average molecular weight is 382 g/mol. The number of nitrogens with one attached hydrogen (secondary N) is 1. The molecule has 0 spiro atoms. The molecule has 8 nitrogen and oxygen atoms in total. The van der Waals surface area contributed by atoms with Crippen LogP contribution in [0.15, 0.2) is 22.7 Å². The molecule has 2 amide bonds. The predicted octanol–water partition coefficient (Wildman–Crippen LogP) is 0.747. The number of carbonyl (C=O) groups excluding carboxylic acids is 2. The van der Waals surface area contributed by atoms with E-state index < -0.39 is 35.2 Å². The van der Waals surface area contributed by atoms with E-state index in [1.54, 1.807) is 18.4 Å². The summed E-state index contributed by atoms with van der Waals surface area (Å²) >= 11 is 2.42. The Balaban J connectivity index is 1.68. The zero-order valence-corrected chi connectivity index (χ0v) is 14.6. The third-order valence-electron chi connectivity index (χ3n) is 3.97. The van der Waals surface area contributed by atoms with Crippen LogP contribution in [0.4, 0.5) is 0 Å². The van der Waals surface area contributed by atoms with Crippen LogP contribution in [0.2, 0.25) is 0 Å². The largest absolute Gasteiger partial charge is 0.477 e. The van der Waals surface area contributed by atoms with Crippen LogP contribution in [-0.4, -0.2) is 56.0 Å². The second kappa shape index (κ2) is 6.52. The number of nitrogens with zero attached hydrogens (tertiary/aromatic N) is 1. The van der Waals surface area contributed by atoms with Gasteiger partial charge in [-0.2, -0.15) is 0 Å². The number of thioether (sulfide) groups is 1. The summed E-state index contributed by atoms with van der Waals surface area (Å²) in [6.45, 7) is 1.66. The third kappa shape index (κ3) is 3.02. The highest BCUT2D eigenvalue weighted by Gasteiger charge is 2.53. The number of aliphatic carboxylic acids is 1. The first-order valence-electron chi connectivity index (χ1n) is 7.28. The van der Waals surface area contributed by atoms with E-state index in [0.717, 1.165) is 11.3 Å². The van der Waals surface area contributed by atoms with E-state index in [4.69, 9.17) is 5.11 Å². The molecule has 0 aliphatic carbocycles. The van der Waals surface area contributed by atoms with Crippen molar-refractivity contribution >= 4 is 46.9 Å². The first kappa shape index (κ1) is 17.5. The van der Waals surface area contributed by atoms with Crippen molar-refractivity contribution in [2.45, 2.75) is 24.8 Å². The quantitative estimate of drug-likeness (QED) is 0.642. The lowest BCUT2D eigenvalue weighted by molar-refractivity contribution is -0.150. The number of hydrogen-bond acceptors (Lipinski definition) is 6. The highest BCUT2D eigenvalue weighted by molar-refractivity contribution is 8.00. The smallest absolute Gasteiger partial charge is 0.352 e. The number of fused-ring (bicyclic) bond motifs is 1. The minimum Gasteiger partial charge on any atom is -0.477 e. The highest BCUT2D eigenvalue weighted by atomic mass is 32.2. The number of carbonyl (C=O) groups is 4. The normalized spacial score (nSPS) is 22.3. The Bertz CT molecular complexity index is 815.